The van der Waals surface area contributed by atoms with Crippen LogP contribution < -0.4 is 5.32 Å². The van der Waals surface area contributed by atoms with Gasteiger partial charge < -0.3 is 10.4 Å². The first-order valence-corrected chi connectivity index (χ1v) is 6.97. The molecule has 1 fully saturated rings. The molecule has 0 radical (unpaired) electrons. The summed E-state index contributed by atoms with van der Waals surface area (Å²) >= 11 is 0. The van der Waals surface area contributed by atoms with Crippen LogP contribution in [0.15, 0.2) is 0 Å². The van der Waals surface area contributed by atoms with Gasteiger partial charge in [0.25, 0.3) is 0 Å². The highest BCUT2D eigenvalue weighted by Crippen LogP contribution is 2.14. The minimum absolute atomic E-state index is 0.0411. The van der Waals surface area contributed by atoms with Crippen molar-refractivity contribution in [1.82, 2.24) is 9.62 Å². The molecular weight excluding hydrogens is 244 g/mol. The maximum Gasteiger partial charge on any atom is 0.404 e. The van der Waals surface area contributed by atoms with Crippen LogP contribution in [-0.2, 0) is 10.0 Å². The molecule has 1 rings (SSSR count). The molecule has 0 aromatic carbocycles. The molecule has 96 valence electrons. The van der Waals surface area contributed by atoms with Crippen LogP contribution in [0.4, 0.5) is 4.79 Å². The average Bonchev–Trinajstić information content (AvgIpc) is 2.26. The summed E-state index contributed by atoms with van der Waals surface area (Å²) in [6.45, 7) is 0.690. The molecule has 0 spiro atoms. The Kier molecular flexibility index (Phi) is 4.78. The third-order valence-corrected chi connectivity index (χ3v) is 4.55. The normalized spacial score (nSPS) is 18.5. The zero-order valence-electron chi connectivity index (χ0n) is 9.42. The molecule has 17 heavy (non-hydrogen) atoms. The Labute approximate surface area is 101 Å². The lowest BCUT2D eigenvalue weighted by atomic mass is 10.1. The van der Waals surface area contributed by atoms with E-state index in [1.807, 2.05) is 0 Å². The smallest absolute Gasteiger partial charge is 0.404 e. The molecule has 0 unspecified atom stereocenters. The molecule has 0 saturated carbocycles. The molecule has 0 aliphatic carbocycles. The summed E-state index contributed by atoms with van der Waals surface area (Å²) in [6, 6.07) is -0.161. The Morgan fingerprint density at radius 1 is 1.47 bits per heavy atom. The second-order valence-electron chi connectivity index (χ2n) is 3.89. The fourth-order valence-corrected chi connectivity index (χ4v) is 3.17. The van der Waals surface area contributed by atoms with Crippen molar-refractivity contribution in [2.24, 2.45) is 0 Å². The average molecular weight is 260 g/mol. The highest BCUT2D eigenvalue weighted by Gasteiger charge is 2.27. The Balaban J connectivity index is 2.46. The Hall–Kier alpha value is -1.26. The van der Waals surface area contributed by atoms with Crippen LogP contribution in [0.1, 0.15) is 19.3 Å². The van der Waals surface area contributed by atoms with Gasteiger partial charge in [-0.1, -0.05) is 0 Å². The number of amides is 1. The van der Waals surface area contributed by atoms with E-state index in [9.17, 15) is 13.2 Å². The van der Waals surface area contributed by atoms with Crippen molar-refractivity contribution in [3.8, 4) is 12.3 Å². The van der Waals surface area contributed by atoms with Crippen molar-refractivity contribution >= 4 is 16.1 Å². The monoisotopic (exact) mass is 260 g/mol. The first-order valence-electron chi connectivity index (χ1n) is 5.36. The van der Waals surface area contributed by atoms with E-state index in [-0.39, 0.29) is 18.2 Å². The Morgan fingerprint density at radius 3 is 2.53 bits per heavy atom. The van der Waals surface area contributed by atoms with E-state index < -0.39 is 16.1 Å². The molecule has 7 heteroatoms. The summed E-state index contributed by atoms with van der Waals surface area (Å²) in [5.74, 6) is 2.26. The molecule has 6 nitrogen and oxygen atoms in total. The van der Waals surface area contributed by atoms with Crippen molar-refractivity contribution in [3.05, 3.63) is 0 Å². The van der Waals surface area contributed by atoms with Gasteiger partial charge in [-0.2, -0.15) is 0 Å². The van der Waals surface area contributed by atoms with Crippen molar-refractivity contribution in [1.29, 1.82) is 0 Å². The van der Waals surface area contributed by atoms with Crippen LogP contribution in [0.5, 0.6) is 0 Å². The zero-order chi connectivity index (χ0) is 12.9. The summed E-state index contributed by atoms with van der Waals surface area (Å²) < 4.78 is 24.9. The van der Waals surface area contributed by atoms with Crippen molar-refractivity contribution in [2.45, 2.75) is 25.3 Å². The molecule has 1 amide bonds. The highest BCUT2D eigenvalue weighted by molar-refractivity contribution is 7.89. The van der Waals surface area contributed by atoms with Gasteiger partial charge in [-0.15, -0.1) is 12.3 Å². The molecule has 0 aromatic heterocycles. The molecule has 1 heterocycles. The number of terminal acetylenes is 1. The number of hydrogen-bond acceptors (Lipinski definition) is 3. The maximum absolute atomic E-state index is 11.8. The number of rotatable bonds is 4. The van der Waals surface area contributed by atoms with E-state index in [0.717, 1.165) is 0 Å². The minimum atomic E-state index is -3.28. The molecule has 0 bridgehead atoms. The van der Waals surface area contributed by atoms with Crippen molar-refractivity contribution < 1.29 is 18.3 Å². The number of nitrogens with zero attached hydrogens (tertiary/aromatic N) is 1. The number of sulfonamides is 1. The molecule has 1 aliphatic heterocycles. The highest BCUT2D eigenvalue weighted by atomic mass is 32.2. The Morgan fingerprint density at radius 2 is 2.06 bits per heavy atom. The van der Waals surface area contributed by atoms with Gasteiger partial charge in [-0.25, -0.2) is 17.5 Å². The van der Waals surface area contributed by atoms with Gasteiger partial charge in [0.2, 0.25) is 10.0 Å². The number of piperidine rings is 1. The summed E-state index contributed by atoms with van der Waals surface area (Å²) in [5, 5.41) is 10.9. The van der Waals surface area contributed by atoms with Gasteiger partial charge in [0.05, 0.1) is 5.75 Å². The number of carbonyl (C=O) groups is 1. The van der Waals surface area contributed by atoms with E-state index in [4.69, 9.17) is 11.5 Å². The number of carboxylic acid groups (broad SMARTS) is 1. The molecule has 0 aromatic rings. The van der Waals surface area contributed by atoms with Crippen LogP contribution in [0.25, 0.3) is 0 Å². The van der Waals surface area contributed by atoms with Crippen molar-refractivity contribution in [3.63, 3.8) is 0 Å². The van der Waals surface area contributed by atoms with Crippen LogP contribution in [0, 0.1) is 12.3 Å². The van der Waals surface area contributed by atoms with Crippen molar-refractivity contribution in [2.75, 3.05) is 18.8 Å². The third kappa shape index (κ3) is 4.24. The van der Waals surface area contributed by atoms with Gasteiger partial charge in [-0.3, -0.25) is 0 Å². The van der Waals surface area contributed by atoms with Crippen LogP contribution in [0.3, 0.4) is 0 Å². The lowest BCUT2D eigenvalue weighted by Gasteiger charge is -2.30. The van der Waals surface area contributed by atoms with Crippen LogP contribution in [0.2, 0.25) is 0 Å². The summed E-state index contributed by atoms with van der Waals surface area (Å²) in [7, 11) is -3.28. The number of hydrogen-bond donors (Lipinski definition) is 2. The van der Waals surface area contributed by atoms with E-state index >= 15 is 0 Å². The van der Waals surface area contributed by atoms with Gasteiger partial charge in [0.15, 0.2) is 0 Å². The first kappa shape index (κ1) is 13.8. The standard InChI is InChI=1S/C10H16N2O4S/c1-2-3-8-17(15,16)12-6-4-9(5-7-12)11-10(13)14/h1,9,11H,3-8H2,(H,13,14). The van der Waals surface area contributed by atoms with Crippen LogP contribution >= 0.6 is 0 Å². The van der Waals surface area contributed by atoms with E-state index in [1.54, 1.807) is 0 Å². The fraction of sp³-hybridized carbons (Fsp3) is 0.700. The Bertz CT molecular complexity index is 405. The largest absolute Gasteiger partial charge is 0.465 e. The fourth-order valence-electron chi connectivity index (χ4n) is 1.77. The van der Waals surface area contributed by atoms with Gasteiger partial charge in [0, 0.05) is 25.6 Å². The SMILES string of the molecule is C#CCCS(=O)(=O)N1CCC(NC(=O)O)CC1. The van der Waals surface area contributed by atoms with Crippen LogP contribution in [-0.4, -0.2) is 48.8 Å². The molecular formula is C10H16N2O4S. The van der Waals surface area contributed by atoms with Gasteiger partial charge in [0.1, 0.15) is 0 Å². The topological polar surface area (TPSA) is 86.7 Å². The van der Waals surface area contributed by atoms with Gasteiger partial charge >= 0.3 is 6.09 Å². The predicted molar refractivity (Wildman–Crippen MR) is 63.0 cm³/mol. The molecule has 1 saturated heterocycles. The maximum atomic E-state index is 11.8. The summed E-state index contributed by atoms with van der Waals surface area (Å²) in [4.78, 5) is 10.4. The first-order chi connectivity index (χ1) is 7.95. The predicted octanol–water partition coefficient (Wildman–Crippen LogP) is 0.0715. The van der Waals surface area contributed by atoms with E-state index in [2.05, 4.69) is 11.2 Å². The summed E-state index contributed by atoms with van der Waals surface area (Å²) in [6.07, 6.45) is 5.17. The number of nitrogens with one attached hydrogen (secondary N) is 1. The van der Waals surface area contributed by atoms with E-state index in [1.165, 1.54) is 4.31 Å². The summed E-state index contributed by atoms with van der Waals surface area (Å²) in [5.41, 5.74) is 0. The lowest BCUT2D eigenvalue weighted by molar-refractivity contribution is 0.183. The lowest BCUT2D eigenvalue weighted by Crippen LogP contribution is -2.46. The molecule has 0 atom stereocenters. The quantitative estimate of drug-likeness (QED) is 0.700. The van der Waals surface area contributed by atoms with E-state index in [0.29, 0.717) is 25.9 Å². The minimum Gasteiger partial charge on any atom is -0.465 e. The molecule has 2 N–H and O–H groups in total. The second kappa shape index (κ2) is 5.89. The molecule has 1 aliphatic rings. The third-order valence-electron chi connectivity index (χ3n) is 2.68. The van der Waals surface area contributed by atoms with Gasteiger partial charge in [-0.05, 0) is 12.8 Å². The zero-order valence-corrected chi connectivity index (χ0v) is 10.2. The second-order valence-corrected chi connectivity index (χ2v) is 5.98.